The van der Waals surface area contributed by atoms with Gasteiger partial charge in [-0.3, -0.25) is 9.59 Å². The maximum absolute atomic E-state index is 12.0. The SMILES string of the molecule is O=C(O)CC[C@H](NCC(CCCN1CCC(O)(c2ccc(Cl)cc2)CC1)(c1ccccc1)c1ccccc1)C(=O)O. The highest BCUT2D eigenvalue weighted by Crippen LogP contribution is 2.38. The van der Waals surface area contributed by atoms with Gasteiger partial charge in [-0.2, -0.15) is 0 Å². The van der Waals surface area contributed by atoms with E-state index in [0.717, 1.165) is 49.2 Å². The van der Waals surface area contributed by atoms with Crippen LogP contribution in [0.5, 0.6) is 0 Å². The summed E-state index contributed by atoms with van der Waals surface area (Å²) in [5, 5.41) is 34.1. The first kappa shape index (κ1) is 30.7. The maximum atomic E-state index is 12.0. The molecule has 0 radical (unpaired) electrons. The van der Waals surface area contributed by atoms with Crippen LogP contribution >= 0.6 is 11.6 Å². The predicted molar refractivity (Wildman–Crippen MR) is 160 cm³/mol. The van der Waals surface area contributed by atoms with Gasteiger partial charge in [0.05, 0.1) is 5.60 Å². The molecule has 0 spiro atoms. The van der Waals surface area contributed by atoms with E-state index in [2.05, 4.69) is 34.5 Å². The summed E-state index contributed by atoms with van der Waals surface area (Å²) in [5.41, 5.74) is 1.69. The molecule has 4 N–H and O–H groups in total. The molecule has 1 saturated heterocycles. The molecule has 0 aliphatic carbocycles. The molecule has 0 bridgehead atoms. The standard InChI is InChI=1S/C33H39ClN2O5/c34-28-14-12-27(13-15-28)33(41)19-22-36(23-20-33)21-7-18-32(25-8-3-1-4-9-25,26-10-5-2-6-11-26)24-35-29(31(39)40)16-17-30(37)38/h1-6,8-15,29,35,41H,7,16-24H2,(H,37,38)(H,39,40)/t29-/m0/s1. The molecule has 1 aliphatic rings. The maximum Gasteiger partial charge on any atom is 0.320 e. The Kier molecular flexibility index (Phi) is 10.6. The molecule has 3 aromatic rings. The summed E-state index contributed by atoms with van der Waals surface area (Å²) in [4.78, 5) is 25.5. The molecule has 1 aliphatic heterocycles. The first-order chi connectivity index (χ1) is 19.7. The van der Waals surface area contributed by atoms with Gasteiger partial charge < -0.3 is 25.5 Å². The van der Waals surface area contributed by atoms with Gasteiger partial charge in [-0.1, -0.05) is 84.4 Å². The van der Waals surface area contributed by atoms with Crippen molar-refractivity contribution in [3.8, 4) is 0 Å². The first-order valence-corrected chi connectivity index (χ1v) is 14.6. The second kappa shape index (κ2) is 14.1. The van der Waals surface area contributed by atoms with Crippen LogP contribution in [-0.4, -0.2) is 64.4 Å². The van der Waals surface area contributed by atoms with Crippen molar-refractivity contribution >= 4 is 23.5 Å². The minimum Gasteiger partial charge on any atom is -0.481 e. The van der Waals surface area contributed by atoms with Crippen LogP contribution in [0, 0.1) is 0 Å². The Hall–Kier alpha value is -3.23. The number of carbonyl (C=O) groups is 2. The number of benzene rings is 3. The zero-order chi connectivity index (χ0) is 29.3. The fourth-order valence-corrected chi connectivity index (χ4v) is 6.07. The molecule has 3 aromatic carbocycles. The Morgan fingerprint density at radius 2 is 1.46 bits per heavy atom. The van der Waals surface area contributed by atoms with Crippen molar-refractivity contribution in [2.24, 2.45) is 0 Å². The van der Waals surface area contributed by atoms with E-state index in [1.165, 1.54) is 0 Å². The molecular weight excluding hydrogens is 540 g/mol. The lowest BCUT2D eigenvalue weighted by molar-refractivity contribution is -0.140. The molecule has 218 valence electrons. The van der Waals surface area contributed by atoms with Gasteiger partial charge in [0.1, 0.15) is 6.04 Å². The van der Waals surface area contributed by atoms with Crippen molar-refractivity contribution in [2.45, 2.75) is 55.6 Å². The van der Waals surface area contributed by atoms with Crippen LogP contribution in [0.3, 0.4) is 0 Å². The molecule has 0 unspecified atom stereocenters. The monoisotopic (exact) mass is 578 g/mol. The predicted octanol–water partition coefficient (Wildman–Crippen LogP) is 5.30. The highest BCUT2D eigenvalue weighted by molar-refractivity contribution is 6.30. The lowest BCUT2D eigenvalue weighted by atomic mass is 9.71. The van der Waals surface area contributed by atoms with E-state index >= 15 is 0 Å². The van der Waals surface area contributed by atoms with Crippen LogP contribution in [0.2, 0.25) is 5.02 Å². The fourth-order valence-electron chi connectivity index (χ4n) is 5.94. The normalized spacial score (nSPS) is 16.2. The average molecular weight is 579 g/mol. The van der Waals surface area contributed by atoms with Gasteiger partial charge in [0.2, 0.25) is 0 Å². The lowest BCUT2D eigenvalue weighted by Gasteiger charge is -2.40. The number of carboxylic acids is 2. The lowest BCUT2D eigenvalue weighted by Crippen LogP contribution is -2.47. The highest BCUT2D eigenvalue weighted by Gasteiger charge is 2.37. The van der Waals surface area contributed by atoms with Crippen molar-refractivity contribution in [1.82, 2.24) is 10.2 Å². The smallest absolute Gasteiger partial charge is 0.320 e. The van der Waals surface area contributed by atoms with Gasteiger partial charge in [0.15, 0.2) is 0 Å². The summed E-state index contributed by atoms with van der Waals surface area (Å²) in [5.74, 6) is -2.07. The zero-order valence-corrected chi connectivity index (χ0v) is 24.0. The molecule has 0 aromatic heterocycles. The van der Waals surface area contributed by atoms with Gasteiger partial charge in [-0.05, 0) is 67.5 Å². The Morgan fingerprint density at radius 3 is 1.98 bits per heavy atom. The molecule has 0 amide bonds. The number of aliphatic carboxylic acids is 2. The Labute approximate surface area is 246 Å². The number of hydrogen-bond acceptors (Lipinski definition) is 5. The third kappa shape index (κ3) is 7.95. The van der Waals surface area contributed by atoms with Crippen molar-refractivity contribution in [1.29, 1.82) is 0 Å². The molecule has 1 fully saturated rings. The quantitative estimate of drug-likeness (QED) is 0.205. The van der Waals surface area contributed by atoms with Crippen LogP contribution in [0.4, 0.5) is 0 Å². The van der Waals surface area contributed by atoms with Crippen molar-refractivity contribution in [2.75, 3.05) is 26.2 Å². The largest absolute Gasteiger partial charge is 0.481 e. The number of nitrogens with one attached hydrogen (secondary N) is 1. The number of aliphatic hydroxyl groups is 1. The third-order valence-corrected chi connectivity index (χ3v) is 8.64. The summed E-state index contributed by atoms with van der Waals surface area (Å²) in [6.45, 7) is 2.75. The number of carboxylic acid groups (broad SMARTS) is 2. The highest BCUT2D eigenvalue weighted by atomic mass is 35.5. The van der Waals surface area contributed by atoms with Gasteiger partial charge in [-0.25, -0.2) is 0 Å². The van der Waals surface area contributed by atoms with E-state index in [-0.39, 0.29) is 12.8 Å². The number of likely N-dealkylation sites (tertiary alicyclic amines) is 1. The van der Waals surface area contributed by atoms with Crippen LogP contribution in [0.15, 0.2) is 84.9 Å². The van der Waals surface area contributed by atoms with Crippen LogP contribution in [-0.2, 0) is 20.6 Å². The van der Waals surface area contributed by atoms with E-state index in [0.29, 0.717) is 24.4 Å². The number of rotatable bonds is 14. The third-order valence-electron chi connectivity index (χ3n) is 8.39. The molecule has 0 saturated carbocycles. The fraction of sp³-hybridized carbons (Fsp3) is 0.394. The summed E-state index contributed by atoms with van der Waals surface area (Å²) in [6, 6.07) is 26.7. The van der Waals surface area contributed by atoms with Crippen molar-refractivity contribution in [3.05, 3.63) is 107 Å². The van der Waals surface area contributed by atoms with Gasteiger partial charge in [0.25, 0.3) is 0 Å². The molecule has 8 heteroatoms. The zero-order valence-electron chi connectivity index (χ0n) is 23.2. The van der Waals surface area contributed by atoms with Crippen LogP contribution in [0.1, 0.15) is 55.2 Å². The van der Waals surface area contributed by atoms with Crippen molar-refractivity contribution in [3.63, 3.8) is 0 Å². The van der Waals surface area contributed by atoms with Crippen LogP contribution < -0.4 is 5.32 Å². The number of piperidine rings is 1. The van der Waals surface area contributed by atoms with E-state index in [1.807, 2.05) is 60.7 Å². The van der Waals surface area contributed by atoms with E-state index in [4.69, 9.17) is 16.7 Å². The molecule has 41 heavy (non-hydrogen) atoms. The Bertz CT molecular complexity index is 1220. The van der Waals surface area contributed by atoms with E-state index in [9.17, 15) is 19.8 Å². The summed E-state index contributed by atoms with van der Waals surface area (Å²) in [6.07, 6.45) is 2.69. The molecular formula is C33H39ClN2O5. The molecule has 1 heterocycles. The molecule has 7 nitrogen and oxygen atoms in total. The Balaban J connectivity index is 1.50. The first-order valence-electron chi connectivity index (χ1n) is 14.2. The van der Waals surface area contributed by atoms with Crippen molar-refractivity contribution < 1.29 is 24.9 Å². The summed E-state index contributed by atoms with van der Waals surface area (Å²) < 4.78 is 0. The summed E-state index contributed by atoms with van der Waals surface area (Å²) >= 11 is 6.04. The van der Waals surface area contributed by atoms with Gasteiger partial charge in [-0.15, -0.1) is 0 Å². The summed E-state index contributed by atoms with van der Waals surface area (Å²) in [7, 11) is 0. The van der Waals surface area contributed by atoms with E-state index in [1.54, 1.807) is 0 Å². The van der Waals surface area contributed by atoms with Crippen LogP contribution in [0.25, 0.3) is 0 Å². The van der Waals surface area contributed by atoms with E-state index < -0.39 is 29.0 Å². The number of halogens is 1. The average Bonchev–Trinajstić information content (AvgIpc) is 2.98. The second-order valence-corrected chi connectivity index (χ2v) is 11.4. The van der Waals surface area contributed by atoms with Gasteiger partial charge in [0, 0.05) is 36.5 Å². The minimum absolute atomic E-state index is 0.00856. The number of hydrogen-bond donors (Lipinski definition) is 4. The Morgan fingerprint density at radius 1 is 0.902 bits per heavy atom. The minimum atomic E-state index is -1.05. The number of nitrogens with zero attached hydrogens (tertiary/aromatic N) is 1. The topological polar surface area (TPSA) is 110 Å². The second-order valence-electron chi connectivity index (χ2n) is 11.0. The van der Waals surface area contributed by atoms with Gasteiger partial charge >= 0.3 is 11.9 Å². The molecule has 4 rings (SSSR count). The molecule has 1 atom stereocenters.